The van der Waals surface area contributed by atoms with Gasteiger partial charge in [0.2, 0.25) is 0 Å². The third-order valence-corrected chi connectivity index (χ3v) is 3.87. The minimum absolute atomic E-state index is 0.0627. The summed E-state index contributed by atoms with van der Waals surface area (Å²) in [5.41, 5.74) is 0.267. The molecule has 1 aromatic rings. The lowest BCUT2D eigenvalue weighted by Gasteiger charge is -2.20. The van der Waals surface area contributed by atoms with Gasteiger partial charge in [0.25, 0.3) is 5.91 Å². The van der Waals surface area contributed by atoms with E-state index in [0.29, 0.717) is 11.9 Å². The second-order valence-electron chi connectivity index (χ2n) is 5.07. The topological polar surface area (TPSA) is 67.8 Å². The number of ether oxygens (including phenoxy) is 2. The Morgan fingerprint density at radius 1 is 1.47 bits per heavy atom. The first-order valence-electron chi connectivity index (χ1n) is 6.50. The molecule has 0 aliphatic carbocycles. The van der Waals surface area contributed by atoms with Crippen LogP contribution in [-0.2, 0) is 4.74 Å². The van der Waals surface area contributed by atoms with Gasteiger partial charge in [0, 0.05) is 6.07 Å². The molecule has 2 fully saturated rings. The lowest BCUT2D eigenvalue weighted by atomic mass is 9.95. The van der Waals surface area contributed by atoms with Crippen molar-refractivity contribution in [3.05, 3.63) is 23.8 Å². The van der Waals surface area contributed by atoms with E-state index >= 15 is 0 Å². The van der Waals surface area contributed by atoms with Gasteiger partial charge >= 0.3 is 0 Å². The number of aromatic hydroxyl groups is 1. The Morgan fingerprint density at radius 3 is 2.89 bits per heavy atom. The van der Waals surface area contributed by atoms with Crippen LogP contribution in [0.25, 0.3) is 0 Å². The van der Waals surface area contributed by atoms with Crippen molar-refractivity contribution >= 4 is 5.91 Å². The van der Waals surface area contributed by atoms with Crippen LogP contribution in [-0.4, -0.2) is 36.4 Å². The van der Waals surface area contributed by atoms with Gasteiger partial charge < -0.3 is 19.9 Å². The van der Waals surface area contributed by atoms with Crippen LogP contribution in [0.4, 0.5) is 0 Å². The zero-order valence-electron chi connectivity index (χ0n) is 10.8. The number of carbonyl (C=O) groups is 1. The first kappa shape index (κ1) is 12.3. The first-order valence-corrected chi connectivity index (χ1v) is 6.50. The molecule has 0 aromatic heterocycles. The standard InChI is InChI=1S/C14H17NO4/c1-18-8-2-4-10(12(16)7-8)14(17)15-11-6-9-3-5-13(11)19-9/h2,4,7,9,11,13,16H,3,5-6H2,1H3,(H,15,17). The highest BCUT2D eigenvalue weighted by Crippen LogP contribution is 2.34. The maximum absolute atomic E-state index is 12.1. The molecule has 0 spiro atoms. The van der Waals surface area contributed by atoms with E-state index in [1.165, 1.54) is 13.2 Å². The van der Waals surface area contributed by atoms with E-state index in [2.05, 4.69) is 5.32 Å². The molecule has 2 aliphatic rings. The average molecular weight is 263 g/mol. The molecule has 5 heteroatoms. The summed E-state index contributed by atoms with van der Waals surface area (Å²) in [5, 5.41) is 12.8. The predicted molar refractivity (Wildman–Crippen MR) is 68.4 cm³/mol. The van der Waals surface area contributed by atoms with E-state index in [4.69, 9.17) is 9.47 Å². The van der Waals surface area contributed by atoms with Crippen molar-refractivity contribution in [1.82, 2.24) is 5.32 Å². The molecule has 2 heterocycles. The van der Waals surface area contributed by atoms with E-state index in [0.717, 1.165) is 19.3 Å². The number of carbonyl (C=O) groups excluding carboxylic acids is 1. The van der Waals surface area contributed by atoms with E-state index in [9.17, 15) is 9.90 Å². The Labute approximate surface area is 111 Å². The highest BCUT2D eigenvalue weighted by Gasteiger charge is 2.41. The van der Waals surface area contributed by atoms with Crippen molar-refractivity contribution < 1.29 is 19.4 Å². The average Bonchev–Trinajstić information content (AvgIpc) is 3.00. The Morgan fingerprint density at radius 2 is 2.32 bits per heavy atom. The largest absolute Gasteiger partial charge is 0.507 e. The summed E-state index contributed by atoms with van der Waals surface area (Å²) >= 11 is 0. The maximum Gasteiger partial charge on any atom is 0.255 e. The van der Waals surface area contributed by atoms with Crippen molar-refractivity contribution in [1.29, 1.82) is 0 Å². The SMILES string of the molecule is COc1ccc(C(=O)NC2CC3CCC2O3)c(O)c1. The number of benzene rings is 1. The zero-order chi connectivity index (χ0) is 13.4. The van der Waals surface area contributed by atoms with Crippen LogP contribution in [0.15, 0.2) is 18.2 Å². The van der Waals surface area contributed by atoms with E-state index < -0.39 is 0 Å². The highest BCUT2D eigenvalue weighted by atomic mass is 16.5. The number of fused-ring (bicyclic) bond motifs is 2. The zero-order valence-corrected chi connectivity index (χ0v) is 10.8. The molecule has 0 radical (unpaired) electrons. The minimum atomic E-state index is -0.263. The fraction of sp³-hybridized carbons (Fsp3) is 0.500. The molecule has 102 valence electrons. The molecule has 2 bridgehead atoms. The summed E-state index contributed by atoms with van der Waals surface area (Å²) < 4.78 is 10.7. The molecule has 2 saturated heterocycles. The van der Waals surface area contributed by atoms with Gasteiger partial charge in [-0.05, 0) is 31.4 Å². The van der Waals surface area contributed by atoms with E-state index in [1.54, 1.807) is 12.1 Å². The number of hydrogen-bond acceptors (Lipinski definition) is 4. The molecular weight excluding hydrogens is 246 g/mol. The second kappa shape index (κ2) is 4.74. The Hall–Kier alpha value is -1.75. The first-order chi connectivity index (χ1) is 9.17. The molecule has 19 heavy (non-hydrogen) atoms. The molecule has 3 atom stereocenters. The third-order valence-electron chi connectivity index (χ3n) is 3.87. The lowest BCUT2D eigenvalue weighted by Crippen LogP contribution is -2.41. The molecule has 3 rings (SSSR count). The Balaban J connectivity index is 1.70. The van der Waals surface area contributed by atoms with Crippen molar-refractivity contribution in [3.8, 4) is 11.5 Å². The van der Waals surface area contributed by atoms with Gasteiger partial charge in [-0.2, -0.15) is 0 Å². The fourth-order valence-electron chi connectivity index (χ4n) is 2.87. The number of phenolic OH excluding ortho intramolecular Hbond substituents is 1. The fourth-order valence-corrected chi connectivity index (χ4v) is 2.87. The Kier molecular flexibility index (Phi) is 3.06. The van der Waals surface area contributed by atoms with E-state index in [1.807, 2.05) is 0 Å². The summed E-state index contributed by atoms with van der Waals surface area (Å²) in [6, 6.07) is 4.73. The molecule has 0 saturated carbocycles. The summed E-state index contributed by atoms with van der Waals surface area (Å²) in [6.07, 6.45) is 3.39. The molecule has 5 nitrogen and oxygen atoms in total. The third kappa shape index (κ3) is 2.26. The van der Waals surface area contributed by atoms with Crippen LogP contribution < -0.4 is 10.1 Å². The van der Waals surface area contributed by atoms with Gasteiger partial charge in [0.1, 0.15) is 11.5 Å². The molecule has 2 aliphatic heterocycles. The number of phenols is 1. The van der Waals surface area contributed by atoms with Gasteiger partial charge in [-0.15, -0.1) is 0 Å². The monoisotopic (exact) mass is 263 g/mol. The van der Waals surface area contributed by atoms with Gasteiger partial charge in [-0.25, -0.2) is 0 Å². The molecule has 2 N–H and O–H groups in total. The summed E-state index contributed by atoms with van der Waals surface area (Å²) in [4.78, 5) is 12.1. The maximum atomic E-state index is 12.1. The van der Waals surface area contributed by atoms with Crippen molar-refractivity contribution in [3.63, 3.8) is 0 Å². The highest BCUT2D eigenvalue weighted by molar-refractivity contribution is 5.97. The number of nitrogens with one attached hydrogen (secondary N) is 1. The van der Waals surface area contributed by atoms with Gasteiger partial charge in [-0.1, -0.05) is 0 Å². The van der Waals surface area contributed by atoms with Crippen LogP contribution in [0, 0.1) is 0 Å². The quantitative estimate of drug-likeness (QED) is 0.866. The lowest BCUT2D eigenvalue weighted by molar-refractivity contribution is 0.0839. The number of rotatable bonds is 3. The number of methoxy groups -OCH3 is 1. The van der Waals surface area contributed by atoms with Crippen LogP contribution in [0.5, 0.6) is 11.5 Å². The summed E-state index contributed by atoms with van der Waals surface area (Å²) in [5.74, 6) is 0.194. The summed E-state index contributed by atoms with van der Waals surface area (Å²) in [6.45, 7) is 0. The van der Waals surface area contributed by atoms with Crippen LogP contribution in [0.3, 0.4) is 0 Å². The van der Waals surface area contributed by atoms with Gasteiger partial charge in [0.15, 0.2) is 0 Å². The second-order valence-corrected chi connectivity index (χ2v) is 5.07. The van der Waals surface area contributed by atoms with Gasteiger partial charge in [-0.3, -0.25) is 4.79 Å². The van der Waals surface area contributed by atoms with Crippen LogP contribution in [0.1, 0.15) is 29.6 Å². The molecule has 1 amide bonds. The van der Waals surface area contributed by atoms with E-state index in [-0.39, 0.29) is 29.4 Å². The smallest absolute Gasteiger partial charge is 0.255 e. The van der Waals surface area contributed by atoms with Crippen LogP contribution >= 0.6 is 0 Å². The minimum Gasteiger partial charge on any atom is -0.507 e. The van der Waals surface area contributed by atoms with Crippen molar-refractivity contribution in [2.45, 2.75) is 37.5 Å². The van der Waals surface area contributed by atoms with Gasteiger partial charge in [0.05, 0.1) is 30.9 Å². The van der Waals surface area contributed by atoms with Crippen molar-refractivity contribution in [2.75, 3.05) is 7.11 Å². The summed E-state index contributed by atoms with van der Waals surface area (Å²) in [7, 11) is 1.51. The normalized spacial score (nSPS) is 28.4. The van der Waals surface area contributed by atoms with Crippen molar-refractivity contribution in [2.24, 2.45) is 0 Å². The molecular formula is C14H17NO4. The molecule has 3 unspecified atom stereocenters. The Bertz CT molecular complexity index is 502. The molecule has 1 aromatic carbocycles. The predicted octanol–water partition coefficient (Wildman–Crippen LogP) is 1.45. The van der Waals surface area contributed by atoms with Crippen LogP contribution in [0.2, 0.25) is 0 Å². The number of hydrogen-bond donors (Lipinski definition) is 2. The number of amides is 1.